The molecule has 13 nitrogen and oxygen atoms in total. The van der Waals surface area contributed by atoms with Gasteiger partial charge in [-0.2, -0.15) is 0 Å². The predicted octanol–water partition coefficient (Wildman–Crippen LogP) is 11.9. The maximum absolute atomic E-state index is 13.1. The van der Waals surface area contributed by atoms with E-state index in [2.05, 4.69) is 31.3 Å². The third-order valence-corrected chi connectivity index (χ3v) is 15.0. The van der Waals surface area contributed by atoms with Gasteiger partial charge < -0.3 is 46.0 Å². The van der Waals surface area contributed by atoms with Crippen LogP contribution in [-0.2, 0) is 18.4 Å². The number of nitrogens with one attached hydrogen (secondary N) is 1. The Labute approximate surface area is 426 Å². The summed E-state index contributed by atoms with van der Waals surface area (Å²) >= 11 is 0. The van der Waals surface area contributed by atoms with Crippen LogP contribution in [0.25, 0.3) is 0 Å². The summed E-state index contributed by atoms with van der Waals surface area (Å²) < 4.78 is 23.0. The smallest absolute Gasteiger partial charge is 0.393 e. The van der Waals surface area contributed by atoms with Gasteiger partial charge in [0.05, 0.1) is 31.3 Å². The minimum Gasteiger partial charge on any atom is -0.393 e. The number of phosphoric ester groups is 1. The summed E-state index contributed by atoms with van der Waals surface area (Å²) in [6, 6.07) is -1.25. The lowest BCUT2D eigenvalue weighted by atomic mass is 9.85. The largest absolute Gasteiger partial charge is 0.472 e. The van der Waals surface area contributed by atoms with Crippen LogP contribution in [0, 0.1) is 0 Å². The van der Waals surface area contributed by atoms with Crippen molar-refractivity contribution in [3.8, 4) is 0 Å². The summed E-state index contributed by atoms with van der Waals surface area (Å²) in [7, 11) is -5.15. The number of hydrogen-bond acceptors (Lipinski definition) is 11. The number of rotatable bonds is 49. The fourth-order valence-electron chi connectivity index (χ4n) is 9.38. The van der Waals surface area contributed by atoms with E-state index in [1.54, 1.807) is 6.08 Å². The monoisotopic (exact) mass is 1020 g/mol. The highest BCUT2D eigenvalue weighted by Crippen LogP contribution is 2.47. The van der Waals surface area contributed by atoms with E-state index >= 15 is 0 Å². The zero-order valence-corrected chi connectivity index (χ0v) is 45.3. The fraction of sp³-hybridized carbons (Fsp3) is 0.911. The summed E-state index contributed by atoms with van der Waals surface area (Å²) in [5.41, 5.74) is 0. The van der Waals surface area contributed by atoms with Gasteiger partial charge in [0, 0.05) is 0 Å². The van der Waals surface area contributed by atoms with Crippen LogP contribution in [0.5, 0.6) is 0 Å². The maximum Gasteiger partial charge on any atom is 0.472 e. The molecule has 8 atom stereocenters. The van der Waals surface area contributed by atoms with Crippen LogP contribution in [0.3, 0.4) is 0 Å². The van der Waals surface area contributed by atoms with E-state index in [1.807, 2.05) is 0 Å². The number of allylic oxidation sites excluding steroid dienone is 3. The molecule has 0 aliphatic heterocycles. The van der Waals surface area contributed by atoms with Crippen molar-refractivity contribution in [2.75, 3.05) is 6.61 Å². The van der Waals surface area contributed by atoms with Crippen molar-refractivity contribution in [3.05, 3.63) is 24.3 Å². The highest BCUT2D eigenvalue weighted by molar-refractivity contribution is 7.47. The first kappa shape index (κ1) is 66.8. The zero-order valence-electron chi connectivity index (χ0n) is 44.4. The highest BCUT2D eigenvalue weighted by atomic mass is 31.2. The molecule has 9 N–H and O–H groups in total. The maximum atomic E-state index is 13.1. The molecule has 1 amide bonds. The standard InChI is InChI=1S/C56H108NO12P/c1-3-5-7-9-11-13-15-17-19-21-23-24-26-28-30-32-34-36-38-40-42-44-49(59)48(46-68-70(66,67)69-56-54(64)52(62)51(61)53(63)55(56)65)57-50(60)45-47(58)43-41-39-37-35-33-31-29-27-25-22-20-18-16-14-12-10-8-6-4-2/h34,36,42,44,47-49,51-56,58-59,61-65H,3-33,35,37-41,43,45-46H2,1-2H3,(H,57,60)(H,66,67)/b36-34+,44-42+. The van der Waals surface area contributed by atoms with Crippen LogP contribution in [0.1, 0.15) is 264 Å². The first-order chi connectivity index (χ1) is 33.8. The van der Waals surface area contributed by atoms with E-state index in [0.29, 0.717) is 12.8 Å². The van der Waals surface area contributed by atoms with Crippen LogP contribution >= 0.6 is 7.82 Å². The van der Waals surface area contributed by atoms with Gasteiger partial charge in [0.15, 0.2) is 0 Å². The van der Waals surface area contributed by atoms with Crippen molar-refractivity contribution < 1.29 is 59.0 Å². The van der Waals surface area contributed by atoms with Crippen molar-refractivity contribution >= 4 is 13.7 Å². The Morgan fingerprint density at radius 3 is 1.26 bits per heavy atom. The number of unbranched alkanes of at least 4 members (excludes halogenated alkanes) is 34. The van der Waals surface area contributed by atoms with Gasteiger partial charge in [-0.25, -0.2) is 4.57 Å². The third kappa shape index (κ3) is 35.8. The Balaban J connectivity index is 2.44. The highest BCUT2D eigenvalue weighted by Gasteiger charge is 2.51. The van der Waals surface area contributed by atoms with Gasteiger partial charge in [0.1, 0.15) is 36.6 Å². The minimum absolute atomic E-state index is 0.248. The quantitative estimate of drug-likeness (QED) is 0.0158. The zero-order chi connectivity index (χ0) is 51.5. The first-order valence-electron chi connectivity index (χ1n) is 28.9. The molecule has 8 unspecified atom stereocenters. The number of aliphatic hydroxyl groups is 7. The minimum atomic E-state index is -5.15. The third-order valence-electron chi connectivity index (χ3n) is 14.0. The summed E-state index contributed by atoms with van der Waals surface area (Å²) in [6.45, 7) is 3.78. The molecular formula is C56H108NO12P. The molecule has 0 radical (unpaired) electrons. The van der Waals surface area contributed by atoms with Gasteiger partial charge in [-0.1, -0.05) is 250 Å². The van der Waals surface area contributed by atoms with Crippen molar-refractivity contribution in [3.63, 3.8) is 0 Å². The summed E-state index contributed by atoms with van der Waals surface area (Å²) in [5.74, 6) is -0.597. The van der Waals surface area contributed by atoms with Crippen molar-refractivity contribution in [2.24, 2.45) is 0 Å². The number of carbonyl (C=O) groups is 1. The van der Waals surface area contributed by atoms with E-state index in [4.69, 9.17) is 9.05 Å². The Morgan fingerprint density at radius 2 is 0.843 bits per heavy atom. The average molecular weight is 1020 g/mol. The lowest BCUT2D eigenvalue weighted by Gasteiger charge is -2.41. The lowest BCUT2D eigenvalue weighted by Crippen LogP contribution is -2.64. The number of phosphoric acid groups is 1. The van der Waals surface area contributed by atoms with Crippen LogP contribution < -0.4 is 5.32 Å². The van der Waals surface area contributed by atoms with Crippen LogP contribution in [-0.4, -0.2) is 108 Å². The molecule has 1 fully saturated rings. The molecule has 14 heteroatoms. The van der Waals surface area contributed by atoms with Crippen LogP contribution in [0.2, 0.25) is 0 Å². The molecule has 0 aromatic carbocycles. The average Bonchev–Trinajstić information content (AvgIpc) is 3.34. The van der Waals surface area contributed by atoms with Crippen molar-refractivity contribution in [1.82, 2.24) is 5.32 Å². The van der Waals surface area contributed by atoms with Gasteiger partial charge in [-0.3, -0.25) is 13.8 Å². The Hall–Kier alpha value is -1.22. The van der Waals surface area contributed by atoms with Gasteiger partial charge in [0.25, 0.3) is 0 Å². The van der Waals surface area contributed by atoms with Gasteiger partial charge in [-0.05, 0) is 32.1 Å². The first-order valence-corrected chi connectivity index (χ1v) is 30.4. The Morgan fingerprint density at radius 1 is 0.500 bits per heavy atom. The number of amides is 1. The second kappa shape index (κ2) is 45.2. The topological polar surface area (TPSA) is 226 Å². The van der Waals surface area contributed by atoms with Crippen molar-refractivity contribution in [2.45, 2.75) is 319 Å². The number of aliphatic hydroxyl groups excluding tert-OH is 7. The molecule has 70 heavy (non-hydrogen) atoms. The van der Waals surface area contributed by atoms with E-state index in [-0.39, 0.29) is 6.42 Å². The molecule has 0 spiro atoms. The molecule has 414 valence electrons. The van der Waals surface area contributed by atoms with Gasteiger partial charge in [0.2, 0.25) is 5.91 Å². The molecule has 1 rings (SSSR count). The van der Waals surface area contributed by atoms with Gasteiger partial charge >= 0.3 is 7.82 Å². The Kier molecular flexibility index (Phi) is 43.1. The van der Waals surface area contributed by atoms with Gasteiger partial charge in [-0.15, -0.1) is 0 Å². The SMILES string of the molecule is CCCCCCCCCCCCCCCCC/C=C/CC/C=C/C(O)C(COP(=O)(O)OC1C(O)C(O)C(O)C(O)C1O)NC(=O)CC(O)CCCCCCCCCCCCCCCCCCCCC. The Bertz CT molecular complexity index is 1290. The fourth-order valence-corrected chi connectivity index (χ4v) is 10.3. The summed E-state index contributed by atoms with van der Waals surface area (Å²) in [6.07, 6.45) is 39.8. The molecule has 1 aliphatic carbocycles. The summed E-state index contributed by atoms with van der Waals surface area (Å²) in [4.78, 5) is 23.6. The molecule has 0 aromatic heterocycles. The molecular weight excluding hydrogens is 910 g/mol. The normalized spacial score (nSPS) is 21.9. The molecule has 1 saturated carbocycles. The molecule has 1 aliphatic rings. The molecule has 0 heterocycles. The molecule has 0 aromatic rings. The van der Waals surface area contributed by atoms with E-state index < -0.39 is 75.2 Å². The lowest BCUT2D eigenvalue weighted by molar-refractivity contribution is -0.220. The molecule has 0 bridgehead atoms. The van der Waals surface area contributed by atoms with Crippen LogP contribution in [0.4, 0.5) is 0 Å². The van der Waals surface area contributed by atoms with E-state index in [1.165, 1.54) is 192 Å². The molecule has 0 saturated heterocycles. The predicted molar refractivity (Wildman–Crippen MR) is 284 cm³/mol. The number of carbonyl (C=O) groups excluding carboxylic acids is 1. The second-order valence-corrected chi connectivity index (χ2v) is 22.1. The van der Waals surface area contributed by atoms with Crippen LogP contribution in [0.15, 0.2) is 24.3 Å². The second-order valence-electron chi connectivity index (χ2n) is 20.7. The summed E-state index contributed by atoms with van der Waals surface area (Å²) in [5, 5.41) is 74.9. The van der Waals surface area contributed by atoms with Crippen molar-refractivity contribution in [1.29, 1.82) is 0 Å². The number of hydrogen-bond donors (Lipinski definition) is 9. The van der Waals surface area contributed by atoms with E-state index in [9.17, 15) is 50.0 Å². The van der Waals surface area contributed by atoms with E-state index in [0.717, 1.165) is 44.9 Å².